The number of piperazine rings is 1. The molecule has 1 aromatic carbocycles. The second kappa shape index (κ2) is 8.06. The van der Waals surface area contributed by atoms with E-state index in [9.17, 15) is 9.59 Å². The Morgan fingerprint density at radius 1 is 1.19 bits per heavy atom. The monoisotopic (exact) mass is 422 g/mol. The first-order valence-electron chi connectivity index (χ1n) is 9.18. The second-order valence-corrected chi connectivity index (χ2v) is 8.32. The van der Waals surface area contributed by atoms with Crippen LogP contribution in [0.3, 0.4) is 0 Å². The predicted molar refractivity (Wildman–Crippen MR) is 105 cm³/mol. The quantitative estimate of drug-likeness (QED) is 0.752. The van der Waals surface area contributed by atoms with Gasteiger partial charge in [-0.3, -0.25) is 19.9 Å². The number of benzene rings is 1. The van der Waals surface area contributed by atoms with E-state index >= 15 is 0 Å². The molecule has 2 amide bonds. The van der Waals surface area contributed by atoms with Crippen LogP contribution in [-0.4, -0.2) is 76.3 Å². The number of alkyl halides is 1. The van der Waals surface area contributed by atoms with Crippen molar-refractivity contribution in [3.8, 4) is 0 Å². The molecule has 6 nitrogen and oxygen atoms in total. The SMILES string of the molecule is Cc1ccccc1C(=O)N1CCN(C2CN(C(C)C)NC(=O)C2Br)CC1. The topological polar surface area (TPSA) is 55.9 Å². The third kappa shape index (κ3) is 3.94. The summed E-state index contributed by atoms with van der Waals surface area (Å²) in [6.45, 7) is 9.84. The number of carbonyl (C=O) groups excluding carboxylic acids is 2. The van der Waals surface area contributed by atoms with Crippen molar-refractivity contribution in [1.82, 2.24) is 20.2 Å². The van der Waals surface area contributed by atoms with Gasteiger partial charge in [-0.1, -0.05) is 34.1 Å². The molecule has 2 unspecified atom stereocenters. The van der Waals surface area contributed by atoms with Crippen LogP contribution in [0.5, 0.6) is 0 Å². The molecule has 0 bridgehead atoms. The lowest BCUT2D eigenvalue weighted by Crippen LogP contribution is -2.66. The van der Waals surface area contributed by atoms with Crippen LogP contribution in [0.1, 0.15) is 29.8 Å². The van der Waals surface area contributed by atoms with Gasteiger partial charge in [0.25, 0.3) is 5.91 Å². The van der Waals surface area contributed by atoms with E-state index in [4.69, 9.17) is 0 Å². The van der Waals surface area contributed by atoms with Crippen molar-refractivity contribution in [2.75, 3.05) is 32.7 Å². The number of nitrogens with one attached hydrogen (secondary N) is 1. The van der Waals surface area contributed by atoms with Gasteiger partial charge in [-0.05, 0) is 32.4 Å². The van der Waals surface area contributed by atoms with Gasteiger partial charge in [0.05, 0.1) is 0 Å². The van der Waals surface area contributed by atoms with E-state index in [1.54, 1.807) is 0 Å². The summed E-state index contributed by atoms with van der Waals surface area (Å²) in [4.78, 5) is 29.1. The molecule has 1 aromatic rings. The third-order valence-corrected chi connectivity index (χ3v) is 6.32. The van der Waals surface area contributed by atoms with Crippen molar-refractivity contribution >= 4 is 27.7 Å². The summed E-state index contributed by atoms with van der Waals surface area (Å²) < 4.78 is 0. The Balaban J connectivity index is 1.63. The normalized spacial score (nSPS) is 25.4. The molecule has 0 saturated carbocycles. The molecule has 0 aromatic heterocycles. The smallest absolute Gasteiger partial charge is 0.254 e. The molecule has 0 radical (unpaired) electrons. The van der Waals surface area contributed by atoms with E-state index in [1.807, 2.05) is 41.1 Å². The van der Waals surface area contributed by atoms with Crippen molar-refractivity contribution in [2.45, 2.75) is 37.7 Å². The van der Waals surface area contributed by atoms with Gasteiger partial charge in [0.1, 0.15) is 4.83 Å². The minimum Gasteiger partial charge on any atom is -0.336 e. The molecular weight excluding hydrogens is 396 g/mol. The number of amides is 2. The average Bonchev–Trinajstić information content (AvgIpc) is 2.63. The molecule has 0 spiro atoms. The number of rotatable bonds is 3. The van der Waals surface area contributed by atoms with Crippen molar-refractivity contribution in [3.63, 3.8) is 0 Å². The van der Waals surface area contributed by atoms with Crippen molar-refractivity contribution in [1.29, 1.82) is 0 Å². The highest BCUT2D eigenvalue weighted by Crippen LogP contribution is 2.22. The van der Waals surface area contributed by atoms with Crippen molar-refractivity contribution in [2.24, 2.45) is 0 Å². The lowest BCUT2D eigenvalue weighted by molar-refractivity contribution is -0.132. The first-order chi connectivity index (χ1) is 12.4. The van der Waals surface area contributed by atoms with Crippen LogP contribution in [0.4, 0.5) is 0 Å². The lowest BCUT2D eigenvalue weighted by atomic mass is 10.1. The fourth-order valence-corrected chi connectivity index (χ4v) is 4.20. The van der Waals surface area contributed by atoms with Gasteiger partial charge in [0.2, 0.25) is 5.91 Å². The second-order valence-electron chi connectivity index (χ2n) is 7.33. The van der Waals surface area contributed by atoms with Crippen LogP contribution in [0, 0.1) is 6.92 Å². The van der Waals surface area contributed by atoms with Gasteiger partial charge < -0.3 is 4.90 Å². The van der Waals surface area contributed by atoms with Gasteiger partial charge in [-0.25, -0.2) is 5.01 Å². The number of carbonyl (C=O) groups is 2. The molecule has 1 N–H and O–H groups in total. The number of nitrogens with zero attached hydrogens (tertiary/aromatic N) is 3. The molecule has 2 aliphatic heterocycles. The zero-order valence-electron chi connectivity index (χ0n) is 15.6. The molecule has 2 heterocycles. The largest absolute Gasteiger partial charge is 0.336 e. The van der Waals surface area contributed by atoms with Crippen molar-refractivity contribution < 1.29 is 9.59 Å². The molecular formula is C19H27BrN4O2. The summed E-state index contributed by atoms with van der Waals surface area (Å²) in [6.07, 6.45) is 0. The Morgan fingerprint density at radius 2 is 1.85 bits per heavy atom. The minimum atomic E-state index is -0.226. The average molecular weight is 423 g/mol. The number of aryl methyl sites for hydroxylation is 1. The highest BCUT2D eigenvalue weighted by molar-refractivity contribution is 9.10. The highest BCUT2D eigenvalue weighted by atomic mass is 79.9. The zero-order valence-corrected chi connectivity index (χ0v) is 17.2. The van der Waals surface area contributed by atoms with Gasteiger partial charge in [-0.2, -0.15) is 0 Å². The van der Waals surface area contributed by atoms with Gasteiger partial charge in [0, 0.05) is 50.4 Å². The fraction of sp³-hybridized carbons (Fsp3) is 0.579. The highest BCUT2D eigenvalue weighted by Gasteiger charge is 2.39. The summed E-state index contributed by atoms with van der Waals surface area (Å²) >= 11 is 3.56. The number of hydrazine groups is 1. The summed E-state index contributed by atoms with van der Waals surface area (Å²) in [7, 11) is 0. The maximum absolute atomic E-state index is 12.8. The first-order valence-corrected chi connectivity index (χ1v) is 10.1. The van der Waals surface area contributed by atoms with E-state index in [0.717, 1.165) is 30.8 Å². The maximum atomic E-state index is 12.8. The zero-order chi connectivity index (χ0) is 18.8. The Bertz CT molecular complexity index is 673. The Kier molecular flexibility index (Phi) is 5.99. The van der Waals surface area contributed by atoms with Crippen molar-refractivity contribution in [3.05, 3.63) is 35.4 Å². The van der Waals surface area contributed by atoms with Crippen LogP contribution in [0.15, 0.2) is 24.3 Å². The van der Waals surface area contributed by atoms with Gasteiger partial charge >= 0.3 is 0 Å². The van der Waals surface area contributed by atoms with Crippen LogP contribution in [0.2, 0.25) is 0 Å². The van der Waals surface area contributed by atoms with E-state index in [-0.39, 0.29) is 28.7 Å². The molecule has 0 aliphatic carbocycles. The summed E-state index contributed by atoms with van der Waals surface area (Å²) in [5, 5.41) is 2.00. The van der Waals surface area contributed by atoms with E-state index in [1.165, 1.54) is 0 Å². The lowest BCUT2D eigenvalue weighted by Gasteiger charge is -2.46. The summed E-state index contributed by atoms with van der Waals surface area (Å²) in [5.41, 5.74) is 4.74. The molecule has 2 fully saturated rings. The number of hydrogen-bond acceptors (Lipinski definition) is 4. The van der Waals surface area contributed by atoms with Crippen LogP contribution < -0.4 is 5.43 Å². The minimum absolute atomic E-state index is 0.00775. The fourth-order valence-electron chi connectivity index (χ4n) is 3.60. The van der Waals surface area contributed by atoms with E-state index in [0.29, 0.717) is 13.1 Å². The molecule has 2 aliphatic rings. The number of halogens is 1. The predicted octanol–water partition coefficient (Wildman–Crippen LogP) is 1.64. The third-order valence-electron chi connectivity index (χ3n) is 5.30. The van der Waals surface area contributed by atoms with Gasteiger partial charge in [0.15, 0.2) is 0 Å². The molecule has 26 heavy (non-hydrogen) atoms. The molecule has 7 heteroatoms. The number of hydrogen-bond donors (Lipinski definition) is 1. The standard InChI is InChI=1S/C19H27BrN4O2/c1-13(2)24-12-16(17(20)18(25)21-24)22-8-10-23(11-9-22)19(26)15-7-5-4-6-14(15)3/h4-7,13,16-17H,8-12H2,1-3H3,(H,21,25). The summed E-state index contributed by atoms with van der Waals surface area (Å²) in [6, 6.07) is 8.10. The van der Waals surface area contributed by atoms with E-state index in [2.05, 4.69) is 40.1 Å². The Morgan fingerprint density at radius 3 is 2.46 bits per heavy atom. The Hall–Kier alpha value is -1.44. The molecule has 3 rings (SSSR count). The Labute approximate surface area is 163 Å². The van der Waals surface area contributed by atoms with Crippen LogP contribution >= 0.6 is 15.9 Å². The maximum Gasteiger partial charge on any atom is 0.254 e. The summed E-state index contributed by atoms with van der Waals surface area (Å²) in [5.74, 6) is 0.108. The van der Waals surface area contributed by atoms with Crippen LogP contribution in [-0.2, 0) is 4.79 Å². The van der Waals surface area contributed by atoms with E-state index < -0.39 is 0 Å². The first kappa shape index (κ1) is 19.3. The molecule has 2 atom stereocenters. The van der Waals surface area contributed by atoms with Gasteiger partial charge in [-0.15, -0.1) is 0 Å². The van der Waals surface area contributed by atoms with Crippen LogP contribution in [0.25, 0.3) is 0 Å². The molecule has 2 saturated heterocycles. The molecule has 142 valence electrons.